The van der Waals surface area contributed by atoms with Gasteiger partial charge in [0.1, 0.15) is 18.0 Å². The van der Waals surface area contributed by atoms with E-state index in [1.165, 1.54) is 16.4 Å². The molecule has 3 rings (SSSR count). The van der Waals surface area contributed by atoms with Crippen molar-refractivity contribution in [1.82, 2.24) is 14.5 Å². The molecular formula is C34H53N3O10S. The minimum Gasteiger partial charge on any atom is -0.492 e. The number of carbonyl (C=O) groups excluding carboxylic acids is 1. The number of nitrogens with zero attached hydrogens (tertiary/aromatic N) is 2. The van der Waals surface area contributed by atoms with Gasteiger partial charge in [-0.05, 0) is 62.9 Å². The summed E-state index contributed by atoms with van der Waals surface area (Å²) in [6.45, 7) is 12.8. The van der Waals surface area contributed by atoms with E-state index >= 15 is 0 Å². The number of methoxy groups -OCH3 is 2. The lowest BCUT2D eigenvalue weighted by Crippen LogP contribution is -2.51. The van der Waals surface area contributed by atoms with E-state index in [9.17, 15) is 18.3 Å². The standard InChI is InChI=1S/C34H53N3O10S/c1-25(2)22-37(48(40,41)28-12-13-31-32(21-28)46-24-45-31)23-30(38)29(35-33(39)47-34(3,4)5)20-26-8-10-27(11-9-26)44-19-16-36(14-17-42-6)15-18-43-7/h8-13,21,25,29-30,38H,14-20,22-24H2,1-7H3,(H,35,39). The lowest BCUT2D eigenvalue weighted by Gasteiger charge is -2.31. The van der Waals surface area contributed by atoms with Crippen LogP contribution in [0.1, 0.15) is 40.2 Å². The smallest absolute Gasteiger partial charge is 0.407 e. The van der Waals surface area contributed by atoms with Gasteiger partial charge in [-0.3, -0.25) is 4.90 Å². The first kappa shape index (κ1) is 39.3. The van der Waals surface area contributed by atoms with E-state index < -0.39 is 33.9 Å². The molecule has 0 radical (unpaired) electrons. The second-order valence-corrected chi connectivity index (χ2v) is 15.0. The Hall–Kier alpha value is -3.14. The molecule has 2 unspecified atom stereocenters. The van der Waals surface area contributed by atoms with E-state index in [1.54, 1.807) is 41.1 Å². The molecule has 0 aliphatic carbocycles. The van der Waals surface area contributed by atoms with Crippen molar-refractivity contribution >= 4 is 16.1 Å². The molecule has 2 aromatic rings. The van der Waals surface area contributed by atoms with Crippen LogP contribution in [0.3, 0.4) is 0 Å². The van der Waals surface area contributed by atoms with Crippen molar-refractivity contribution < 1.29 is 46.7 Å². The lowest BCUT2D eigenvalue weighted by atomic mass is 10.0. The van der Waals surface area contributed by atoms with Crippen LogP contribution >= 0.6 is 0 Å². The van der Waals surface area contributed by atoms with Crippen molar-refractivity contribution in [3.05, 3.63) is 48.0 Å². The summed E-state index contributed by atoms with van der Waals surface area (Å²) < 4.78 is 61.5. The summed E-state index contributed by atoms with van der Waals surface area (Å²) in [4.78, 5) is 15.1. The molecule has 0 fully saturated rings. The van der Waals surface area contributed by atoms with E-state index in [-0.39, 0.29) is 37.1 Å². The molecule has 13 nitrogen and oxygen atoms in total. The molecule has 1 heterocycles. The number of ether oxygens (including phenoxy) is 6. The Labute approximate surface area is 285 Å². The number of hydrogen-bond donors (Lipinski definition) is 2. The summed E-state index contributed by atoms with van der Waals surface area (Å²) in [5.74, 6) is 1.44. The Morgan fingerprint density at radius 3 is 2.17 bits per heavy atom. The van der Waals surface area contributed by atoms with Crippen molar-refractivity contribution in [1.29, 1.82) is 0 Å². The predicted octanol–water partition coefficient (Wildman–Crippen LogP) is 3.53. The van der Waals surface area contributed by atoms with Crippen LogP contribution in [0.15, 0.2) is 47.4 Å². The molecule has 2 aromatic carbocycles. The van der Waals surface area contributed by atoms with E-state index in [4.69, 9.17) is 28.4 Å². The predicted molar refractivity (Wildman–Crippen MR) is 181 cm³/mol. The molecule has 1 amide bonds. The fraction of sp³-hybridized carbons (Fsp3) is 0.618. The van der Waals surface area contributed by atoms with Crippen LogP contribution in [0.25, 0.3) is 0 Å². The maximum atomic E-state index is 13.8. The van der Waals surface area contributed by atoms with E-state index in [1.807, 2.05) is 38.1 Å². The van der Waals surface area contributed by atoms with Gasteiger partial charge in [-0.15, -0.1) is 0 Å². The molecule has 2 atom stereocenters. The van der Waals surface area contributed by atoms with Crippen molar-refractivity contribution in [2.75, 3.05) is 73.6 Å². The number of nitrogens with one attached hydrogen (secondary N) is 1. The molecule has 1 aliphatic rings. The van der Waals surface area contributed by atoms with Crippen molar-refractivity contribution in [3.63, 3.8) is 0 Å². The number of hydrogen-bond acceptors (Lipinski definition) is 11. The maximum Gasteiger partial charge on any atom is 0.407 e. The van der Waals surface area contributed by atoms with Gasteiger partial charge in [0.2, 0.25) is 16.8 Å². The van der Waals surface area contributed by atoms with Gasteiger partial charge in [0.15, 0.2) is 11.5 Å². The Bertz CT molecular complexity index is 1370. The number of aliphatic hydroxyl groups excluding tert-OH is 1. The number of sulfonamides is 1. The number of benzene rings is 2. The zero-order valence-electron chi connectivity index (χ0n) is 29.3. The van der Waals surface area contributed by atoms with E-state index in [2.05, 4.69) is 10.2 Å². The van der Waals surface area contributed by atoms with Crippen molar-refractivity contribution in [2.24, 2.45) is 5.92 Å². The van der Waals surface area contributed by atoms with Gasteiger partial charge in [-0.25, -0.2) is 13.2 Å². The molecule has 0 saturated heterocycles. The highest BCUT2D eigenvalue weighted by atomic mass is 32.2. The Morgan fingerprint density at radius 1 is 0.938 bits per heavy atom. The van der Waals surface area contributed by atoms with Gasteiger partial charge in [-0.2, -0.15) is 4.31 Å². The van der Waals surface area contributed by atoms with Crippen LogP contribution < -0.4 is 19.5 Å². The Morgan fingerprint density at radius 2 is 1.56 bits per heavy atom. The number of amides is 1. The first-order valence-corrected chi connectivity index (χ1v) is 17.6. The monoisotopic (exact) mass is 695 g/mol. The number of alkyl carbamates (subject to hydrolysis) is 1. The first-order valence-electron chi connectivity index (χ1n) is 16.2. The third-order valence-electron chi connectivity index (χ3n) is 7.39. The molecular weight excluding hydrogens is 642 g/mol. The van der Waals surface area contributed by atoms with E-state index in [0.29, 0.717) is 43.6 Å². The molecule has 48 heavy (non-hydrogen) atoms. The maximum absolute atomic E-state index is 13.8. The van der Waals surface area contributed by atoms with E-state index in [0.717, 1.165) is 18.7 Å². The van der Waals surface area contributed by atoms with Crippen LogP contribution in [-0.4, -0.2) is 120 Å². The number of fused-ring (bicyclic) bond motifs is 1. The molecule has 14 heteroatoms. The zero-order chi connectivity index (χ0) is 35.3. The second kappa shape index (κ2) is 18.6. The highest BCUT2D eigenvalue weighted by molar-refractivity contribution is 7.89. The normalized spacial score (nSPS) is 14.4. The lowest BCUT2D eigenvalue weighted by molar-refractivity contribution is 0.0400. The third-order valence-corrected chi connectivity index (χ3v) is 9.21. The van der Waals surface area contributed by atoms with Gasteiger partial charge in [-0.1, -0.05) is 26.0 Å². The van der Waals surface area contributed by atoms with Crippen LogP contribution in [0.5, 0.6) is 17.2 Å². The first-order chi connectivity index (χ1) is 22.7. The summed E-state index contributed by atoms with van der Waals surface area (Å²) in [5.41, 5.74) is 0.0338. The number of rotatable bonds is 20. The average molecular weight is 696 g/mol. The molecule has 0 bridgehead atoms. The average Bonchev–Trinajstić information content (AvgIpc) is 3.49. The summed E-state index contributed by atoms with van der Waals surface area (Å²) in [6, 6.07) is 10.9. The fourth-order valence-electron chi connectivity index (χ4n) is 4.99. The zero-order valence-corrected chi connectivity index (χ0v) is 30.1. The topological polar surface area (TPSA) is 145 Å². The Balaban J connectivity index is 1.75. The fourth-order valence-corrected chi connectivity index (χ4v) is 6.62. The molecule has 0 spiro atoms. The summed E-state index contributed by atoms with van der Waals surface area (Å²) in [6.07, 6.45) is -1.78. The second-order valence-electron chi connectivity index (χ2n) is 13.1. The van der Waals surface area contributed by atoms with Crippen LogP contribution in [0, 0.1) is 5.92 Å². The molecule has 270 valence electrons. The largest absolute Gasteiger partial charge is 0.492 e. The summed E-state index contributed by atoms with van der Waals surface area (Å²) in [5, 5.41) is 14.3. The molecule has 1 aliphatic heterocycles. The summed E-state index contributed by atoms with van der Waals surface area (Å²) >= 11 is 0. The van der Waals surface area contributed by atoms with Gasteiger partial charge < -0.3 is 38.8 Å². The molecule has 2 N–H and O–H groups in total. The van der Waals surface area contributed by atoms with Crippen molar-refractivity contribution in [2.45, 2.75) is 63.7 Å². The third kappa shape index (κ3) is 12.7. The van der Waals surface area contributed by atoms with Gasteiger partial charge in [0, 0.05) is 53.0 Å². The van der Waals surface area contributed by atoms with Crippen LogP contribution in [-0.2, 0) is 30.7 Å². The highest BCUT2D eigenvalue weighted by Gasteiger charge is 2.33. The highest BCUT2D eigenvalue weighted by Crippen LogP contribution is 2.35. The summed E-state index contributed by atoms with van der Waals surface area (Å²) in [7, 11) is -0.707. The SMILES string of the molecule is COCCN(CCOC)CCOc1ccc(CC(NC(=O)OC(C)(C)C)C(O)CN(CC(C)C)S(=O)(=O)c2ccc3c(c2)OCO3)cc1. The van der Waals surface area contributed by atoms with Gasteiger partial charge in [0.25, 0.3) is 0 Å². The van der Waals surface area contributed by atoms with Crippen LogP contribution in [0.4, 0.5) is 4.79 Å². The molecule has 0 aromatic heterocycles. The van der Waals surface area contributed by atoms with Crippen molar-refractivity contribution in [3.8, 4) is 17.2 Å². The molecule has 0 saturated carbocycles. The minimum absolute atomic E-state index is 0.0146. The number of aliphatic hydroxyl groups is 1. The minimum atomic E-state index is -4.05. The van der Waals surface area contributed by atoms with Gasteiger partial charge >= 0.3 is 6.09 Å². The Kier molecular flexibility index (Phi) is 15.2. The van der Waals surface area contributed by atoms with Crippen LogP contribution in [0.2, 0.25) is 0 Å². The number of carbonyl (C=O) groups is 1. The quantitative estimate of drug-likeness (QED) is 0.210. The van der Waals surface area contributed by atoms with Gasteiger partial charge in [0.05, 0.1) is 30.3 Å².